The van der Waals surface area contributed by atoms with E-state index in [2.05, 4.69) is 31.3 Å². The number of benzene rings is 1. The third-order valence-corrected chi connectivity index (χ3v) is 6.02. The number of ether oxygens (including phenoxy) is 1. The molecule has 2 bridgehead atoms. The maximum absolute atomic E-state index is 13.4. The van der Waals surface area contributed by atoms with E-state index in [0.29, 0.717) is 5.92 Å². The van der Waals surface area contributed by atoms with Gasteiger partial charge in [0.2, 0.25) is 0 Å². The molecule has 1 aromatic rings. The molecule has 0 unspecified atom stereocenters. The Morgan fingerprint density at radius 3 is 2.74 bits per heavy atom. The van der Waals surface area contributed by atoms with Crippen LogP contribution in [0.1, 0.15) is 40.0 Å². The van der Waals surface area contributed by atoms with Crippen molar-refractivity contribution >= 4 is 11.6 Å². The van der Waals surface area contributed by atoms with Crippen molar-refractivity contribution in [1.82, 2.24) is 5.43 Å². The molecular formula is C18H23FN2O2. The zero-order valence-electron chi connectivity index (χ0n) is 13.9. The first-order valence-electron chi connectivity index (χ1n) is 8.08. The van der Waals surface area contributed by atoms with Gasteiger partial charge >= 0.3 is 0 Å². The lowest BCUT2D eigenvalue weighted by atomic mass is 9.70. The molecule has 0 saturated heterocycles. The lowest BCUT2D eigenvalue weighted by molar-refractivity contribution is -0.123. The van der Waals surface area contributed by atoms with Gasteiger partial charge in [-0.15, -0.1) is 0 Å². The Labute approximate surface area is 136 Å². The summed E-state index contributed by atoms with van der Waals surface area (Å²) in [5.74, 6) is -0.139. The Bertz CT molecular complexity index is 656. The van der Waals surface area contributed by atoms with E-state index in [9.17, 15) is 9.18 Å². The van der Waals surface area contributed by atoms with Gasteiger partial charge in [-0.25, -0.2) is 9.82 Å². The molecule has 5 heteroatoms. The summed E-state index contributed by atoms with van der Waals surface area (Å²) in [4.78, 5) is 11.9. The van der Waals surface area contributed by atoms with E-state index in [1.807, 2.05) is 0 Å². The van der Waals surface area contributed by atoms with Crippen molar-refractivity contribution in [3.63, 3.8) is 0 Å². The summed E-state index contributed by atoms with van der Waals surface area (Å²) in [6, 6.07) is 6.03. The minimum atomic E-state index is -0.478. The number of hydrogen-bond acceptors (Lipinski definition) is 3. The van der Waals surface area contributed by atoms with E-state index in [1.165, 1.54) is 18.6 Å². The fourth-order valence-electron chi connectivity index (χ4n) is 3.96. The second-order valence-corrected chi connectivity index (χ2v) is 7.31. The number of hydrogen-bond donors (Lipinski definition) is 1. The molecule has 0 aromatic heterocycles. The first-order chi connectivity index (χ1) is 10.8. The molecule has 2 fully saturated rings. The summed E-state index contributed by atoms with van der Waals surface area (Å²) in [5.41, 5.74) is 3.91. The maximum Gasteiger partial charge on any atom is 0.277 e. The van der Waals surface area contributed by atoms with Gasteiger partial charge in [0.1, 0.15) is 0 Å². The Morgan fingerprint density at radius 1 is 1.39 bits per heavy atom. The Balaban J connectivity index is 1.59. The van der Waals surface area contributed by atoms with Crippen molar-refractivity contribution in [3.05, 3.63) is 30.1 Å². The summed E-state index contributed by atoms with van der Waals surface area (Å²) in [7, 11) is 0. The number of para-hydroxylation sites is 1. The average Bonchev–Trinajstić information content (AvgIpc) is 2.85. The standard InChI is InChI=1S/C18H23FN2O2/c1-17(2)12-8-9-18(17,3)15(10-12)20-21-16(22)11-23-14-7-5-4-6-13(14)19/h4-7,12H,8-11H2,1-3H3,(H,21,22)/b20-15+/t12-,18-/m0/s1. The van der Waals surface area contributed by atoms with Crippen LogP contribution in [0.5, 0.6) is 5.75 Å². The van der Waals surface area contributed by atoms with E-state index >= 15 is 0 Å². The first kappa shape index (κ1) is 16.0. The molecule has 2 atom stereocenters. The van der Waals surface area contributed by atoms with Crippen molar-refractivity contribution in [1.29, 1.82) is 0 Å². The zero-order chi connectivity index (χ0) is 16.7. The van der Waals surface area contributed by atoms with Gasteiger partial charge in [-0.1, -0.05) is 32.9 Å². The predicted molar refractivity (Wildman–Crippen MR) is 86.7 cm³/mol. The van der Waals surface area contributed by atoms with Crippen LogP contribution in [0, 0.1) is 22.6 Å². The van der Waals surface area contributed by atoms with Crippen LogP contribution in [0.2, 0.25) is 0 Å². The maximum atomic E-state index is 13.4. The van der Waals surface area contributed by atoms with Gasteiger partial charge in [0, 0.05) is 11.1 Å². The highest BCUT2D eigenvalue weighted by molar-refractivity contribution is 5.95. The number of rotatable bonds is 4. The quantitative estimate of drug-likeness (QED) is 0.864. The van der Waals surface area contributed by atoms with Gasteiger partial charge < -0.3 is 4.74 Å². The Morgan fingerprint density at radius 2 is 2.13 bits per heavy atom. The van der Waals surface area contributed by atoms with Crippen molar-refractivity contribution in [2.45, 2.75) is 40.0 Å². The number of carbonyl (C=O) groups excluding carboxylic acids is 1. The fraction of sp³-hybridized carbons (Fsp3) is 0.556. The van der Waals surface area contributed by atoms with Crippen molar-refractivity contribution in [2.75, 3.05) is 6.61 Å². The molecule has 2 aliphatic carbocycles. The van der Waals surface area contributed by atoms with Crippen LogP contribution in [-0.2, 0) is 4.79 Å². The molecule has 1 N–H and O–H groups in total. The summed E-state index contributed by atoms with van der Waals surface area (Å²) in [5, 5.41) is 4.35. The summed E-state index contributed by atoms with van der Waals surface area (Å²) in [6.45, 7) is 6.56. The fourth-order valence-corrected chi connectivity index (χ4v) is 3.96. The van der Waals surface area contributed by atoms with Crippen LogP contribution < -0.4 is 10.2 Å². The predicted octanol–water partition coefficient (Wildman–Crippen LogP) is 3.52. The molecule has 0 aliphatic heterocycles. The van der Waals surface area contributed by atoms with Crippen LogP contribution in [0.15, 0.2) is 29.4 Å². The third-order valence-electron chi connectivity index (χ3n) is 6.02. The van der Waals surface area contributed by atoms with E-state index in [-0.39, 0.29) is 29.1 Å². The van der Waals surface area contributed by atoms with Crippen LogP contribution in [-0.4, -0.2) is 18.2 Å². The van der Waals surface area contributed by atoms with Crippen LogP contribution in [0.4, 0.5) is 4.39 Å². The van der Waals surface area contributed by atoms with Gasteiger partial charge in [0.15, 0.2) is 18.2 Å². The normalized spacial score (nSPS) is 29.7. The second kappa shape index (κ2) is 5.62. The van der Waals surface area contributed by atoms with Crippen molar-refractivity contribution in [2.24, 2.45) is 21.8 Å². The number of fused-ring (bicyclic) bond motifs is 2. The Hall–Kier alpha value is -1.91. The van der Waals surface area contributed by atoms with E-state index in [1.54, 1.807) is 12.1 Å². The largest absolute Gasteiger partial charge is 0.481 e. The SMILES string of the molecule is CC1(C)[C@H]2CC[C@@]1(C)/C(=N/NC(=O)COc1ccccc1F)C2. The molecule has 4 nitrogen and oxygen atoms in total. The second-order valence-electron chi connectivity index (χ2n) is 7.31. The van der Waals surface area contributed by atoms with E-state index < -0.39 is 5.82 Å². The molecule has 124 valence electrons. The van der Waals surface area contributed by atoms with E-state index in [0.717, 1.165) is 18.6 Å². The number of nitrogens with zero attached hydrogens (tertiary/aromatic N) is 1. The van der Waals surface area contributed by atoms with Crippen molar-refractivity contribution < 1.29 is 13.9 Å². The van der Waals surface area contributed by atoms with Crippen LogP contribution in [0.3, 0.4) is 0 Å². The van der Waals surface area contributed by atoms with Crippen LogP contribution in [0.25, 0.3) is 0 Å². The highest BCUT2D eigenvalue weighted by Crippen LogP contribution is 2.63. The number of hydrazone groups is 1. The Kier molecular flexibility index (Phi) is 3.90. The molecule has 1 amide bonds. The summed E-state index contributed by atoms with van der Waals surface area (Å²) in [6.07, 6.45) is 3.29. The third kappa shape index (κ3) is 2.62. The minimum Gasteiger partial charge on any atom is -0.481 e. The summed E-state index contributed by atoms with van der Waals surface area (Å²) < 4.78 is 18.6. The average molecular weight is 318 g/mol. The van der Waals surface area contributed by atoms with Gasteiger partial charge in [-0.2, -0.15) is 5.10 Å². The topological polar surface area (TPSA) is 50.7 Å². The molecule has 1 aromatic carbocycles. The van der Waals surface area contributed by atoms with Gasteiger partial charge in [-0.05, 0) is 42.7 Å². The molecule has 23 heavy (non-hydrogen) atoms. The molecule has 0 radical (unpaired) electrons. The lowest BCUT2D eigenvalue weighted by Gasteiger charge is -2.34. The smallest absolute Gasteiger partial charge is 0.277 e. The highest BCUT2D eigenvalue weighted by Gasteiger charge is 2.59. The van der Waals surface area contributed by atoms with Crippen LogP contribution >= 0.6 is 0 Å². The first-order valence-corrected chi connectivity index (χ1v) is 8.08. The van der Waals surface area contributed by atoms with Gasteiger partial charge in [-0.3, -0.25) is 4.79 Å². The van der Waals surface area contributed by atoms with Gasteiger partial charge in [0.25, 0.3) is 5.91 Å². The number of carbonyl (C=O) groups is 1. The monoisotopic (exact) mass is 318 g/mol. The van der Waals surface area contributed by atoms with Gasteiger partial charge in [0.05, 0.1) is 0 Å². The number of halogens is 1. The molecule has 3 rings (SSSR count). The lowest BCUT2D eigenvalue weighted by Crippen LogP contribution is -2.35. The number of amides is 1. The molecule has 2 aliphatic rings. The molecule has 2 saturated carbocycles. The van der Waals surface area contributed by atoms with E-state index in [4.69, 9.17) is 4.74 Å². The zero-order valence-corrected chi connectivity index (χ0v) is 13.9. The highest BCUT2D eigenvalue weighted by atomic mass is 19.1. The van der Waals surface area contributed by atoms with Crippen molar-refractivity contribution in [3.8, 4) is 5.75 Å². The molecule has 0 heterocycles. The molecule has 0 spiro atoms. The minimum absolute atomic E-state index is 0.0529. The molecular weight excluding hydrogens is 295 g/mol. The summed E-state index contributed by atoms with van der Waals surface area (Å²) >= 11 is 0. The number of nitrogens with one attached hydrogen (secondary N) is 1.